The topological polar surface area (TPSA) is 58.2 Å². The van der Waals surface area contributed by atoms with Gasteiger partial charge in [-0.1, -0.05) is 0 Å². The van der Waals surface area contributed by atoms with Crippen molar-refractivity contribution in [2.75, 3.05) is 7.05 Å². The molecule has 1 fully saturated rings. The molecule has 108 valence electrons. The highest BCUT2D eigenvalue weighted by Gasteiger charge is 2.65. The molecule has 1 aromatic rings. The van der Waals surface area contributed by atoms with Gasteiger partial charge in [-0.25, -0.2) is 8.42 Å². The van der Waals surface area contributed by atoms with Gasteiger partial charge in [0.2, 0.25) is 0 Å². The summed E-state index contributed by atoms with van der Waals surface area (Å²) in [6.45, 7) is 0.477. The SMILES string of the molecule is CNCc1ccc(S(=O)(=O)NC2(C(F)(F)F)CC2)s1. The molecule has 0 spiro atoms. The lowest BCUT2D eigenvalue weighted by Gasteiger charge is -2.19. The highest BCUT2D eigenvalue weighted by Crippen LogP contribution is 2.49. The summed E-state index contributed by atoms with van der Waals surface area (Å²) in [7, 11) is -2.41. The first-order valence-corrected chi connectivity index (χ1v) is 7.84. The van der Waals surface area contributed by atoms with Crippen LogP contribution in [0.15, 0.2) is 16.3 Å². The second kappa shape index (κ2) is 4.72. The van der Waals surface area contributed by atoms with E-state index in [1.807, 2.05) is 0 Å². The standard InChI is InChI=1S/C10H13F3N2O2S2/c1-14-6-7-2-3-8(18-7)19(16,17)15-9(4-5-9)10(11,12)13/h2-3,14-15H,4-6H2,1H3. The normalized spacial score (nSPS) is 18.5. The molecule has 0 aliphatic heterocycles. The first-order valence-electron chi connectivity index (χ1n) is 5.54. The molecule has 0 saturated heterocycles. The molecule has 19 heavy (non-hydrogen) atoms. The Labute approximate surface area is 113 Å². The molecule has 0 bridgehead atoms. The average molecular weight is 314 g/mol. The van der Waals surface area contributed by atoms with Crippen molar-refractivity contribution in [1.29, 1.82) is 0 Å². The van der Waals surface area contributed by atoms with E-state index < -0.39 is 21.7 Å². The molecular formula is C10H13F3N2O2S2. The van der Waals surface area contributed by atoms with Crippen LogP contribution in [0.3, 0.4) is 0 Å². The molecule has 2 rings (SSSR count). The fourth-order valence-electron chi connectivity index (χ4n) is 1.65. The minimum atomic E-state index is -4.55. The van der Waals surface area contributed by atoms with Gasteiger partial charge in [-0.2, -0.15) is 17.9 Å². The maximum Gasteiger partial charge on any atom is 0.407 e. The van der Waals surface area contributed by atoms with Crippen LogP contribution in [0.25, 0.3) is 0 Å². The lowest BCUT2D eigenvalue weighted by molar-refractivity contribution is -0.160. The second-order valence-electron chi connectivity index (χ2n) is 4.44. The molecular weight excluding hydrogens is 301 g/mol. The van der Waals surface area contributed by atoms with Crippen LogP contribution < -0.4 is 10.0 Å². The smallest absolute Gasteiger partial charge is 0.315 e. The molecule has 1 aromatic heterocycles. The van der Waals surface area contributed by atoms with Gasteiger partial charge in [0.05, 0.1) is 0 Å². The zero-order chi connectivity index (χ0) is 14.3. The van der Waals surface area contributed by atoms with Gasteiger partial charge < -0.3 is 5.32 Å². The molecule has 1 aliphatic carbocycles. The molecule has 1 heterocycles. The van der Waals surface area contributed by atoms with Crippen LogP contribution in [-0.2, 0) is 16.6 Å². The van der Waals surface area contributed by atoms with Gasteiger partial charge in [0.1, 0.15) is 9.75 Å². The number of nitrogens with one attached hydrogen (secondary N) is 2. The Hall–Kier alpha value is -0.640. The van der Waals surface area contributed by atoms with E-state index in [0.717, 1.165) is 16.2 Å². The Morgan fingerprint density at radius 3 is 2.47 bits per heavy atom. The predicted octanol–water partition coefficient (Wildman–Crippen LogP) is 1.84. The fraction of sp³-hybridized carbons (Fsp3) is 0.600. The molecule has 0 aromatic carbocycles. The molecule has 1 aliphatic rings. The number of alkyl halides is 3. The van der Waals surface area contributed by atoms with Crippen molar-refractivity contribution >= 4 is 21.4 Å². The molecule has 0 unspecified atom stereocenters. The van der Waals surface area contributed by atoms with Crippen LogP contribution in [0.4, 0.5) is 13.2 Å². The van der Waals surface area contributed by atoms with Gasteiger partial charge in [-0.15, -0.1) is 11.3 Å². The third-order valence-corrected chi connectivity index (χ3v) is 5.99. The summed E-state index contributed by atoms with van der Waals surface area (Å²) in [5, 5.41) is 2.85. The van der Waals surface area contributed by atoms with Crippen molar-refractivity contribution in [2.45, 2.75) is 35.3 Å². The Morgan fingerprint density at radius 1 is 1.37 bits per heavy atom. The molecule has 4 nitrogen and oxygen atoms in total. The van der Waals surface area contributed by atoms with Crippen LogP contribution in [0, 0.1) is 0 Å². The van der Waals surface area contributed by atoms with Crippen molar-refractivity contribution in [2.24, 2.45) is 0 Å². The highest BCUT2D eigenvalue weighted by molar-refractivity contribution is 7.91. The molecule has 9 heteroatoms. The first kappa shape index (κ1) is 14.8. The predicted molar refractivity (Wildman–Crippen MR) is 65.4 cm³/mol. The number of halogens is 3. The van der Waals surface area contributed by atoms with Gasteiger partial charge in [-0.05, 0) is 32.0 Å². The second-order valence-corrected chi connectivity index (χ2v) is 7.51. The summed E-state index contributed by atoms with van der Waals surface area (Å²) in [6.07, 6.45) is -4.96. The van der Waals surface area contributed by atoms with Crippen molar-refractivity contribution in [1.82, 2.24) is 10.0 Å². The largest absolute Gasteiger partial charge is 0.407 e. The molecule has 0 radical (unpaired) electrons. The summed E-state index contributed by atoms with van der Waals surface area (Å²) in [4.78, 5) is 0.750. The van der Waals surface area contributed by atoms with Crippen LogP contribution in [0.1, 0.15) is 17.7 Å². The van der Waals surface area contributed by atoms with E-state index in [9.17, 15) is 21.6 Å². The van der Waals surface area contributed by atoms with Crippen molar-refractivity contribution in [3.8, 4) is 0 Å². The van der Waals surface area contributed by atoms with E-state index in [0.29, 0.717) is 6.54 Å². The summed E-state index contributed by atoms with van der Waals surface area (Å²) in [5.41, 5.74) is -2.26. The third-order valence-electron chi connectivity index (χ3n) is 2.88. The zero-order valence-corrected chi connectivity index (χ0v) is 11.7. The van der Waals surface area contributed by atoms with E-state index in [1.54, 1.807) is 17.8 Å². The quantitative estimate of drug-likeness (QED) is 0.872. The van der Waals surface area contributed by atoms with Crippen molar-refractivity contribution in [3.05, 3.63) is 17.0 Å². The molecule has 2 N–H and O–H groups in total. The third kappa shape index (κ3) is 2.93. The molecule has 0 amide bonds. The number of sulfonamides is 1. The maximum absolute atomic E-state index is 12.7. The van der Waals surface area contributed by atoms with Crippen LogP contribution in [-0.4, -0.2) is 27.2 Å². The lowest BCUT2D eigenvalue weighted by atomic mass is 10.3. The lowest BCUT2D eigenvalue weighted by Crippen LogP contribution is -2.47. The average Bonchev–Trinajstić information content (AvgIpc) is 2.89. The Balaban J connectivity index is 2.19. The van der Waals surface area contributed by atoms with E-state index in [4.69, 9.17) is 0 Å². The zero-order valence-electron chi connectivity index (χ0n) is 10.0. The van der Waals surface area contributed by atoms with Crippen molar-refractivity contribution < 1.29 is 21.6 Å². The Morgan fingerprint density at radius 2 is 2.00 bits per heavy atom. The van der Waals surface area contributed by atoms with Gasteiger partial charge in [0.25, 0.3) is 10.0 Å². The first-order chi connectivity index (χ1) is 8.70. The summed E-state index contributed by atoms with van der Waals surface area (Å²) in [5.74, 6) is 0. The fourth-order valence-corrected chi connectivity index (χ4v) is 4.46. The van der Waals surface area contributed by atoms with Crippen LogP contribution in [0.5, 0.6) is 0 Å². The minimum absolute atomic E-state index is 0.0896. The summed E-state index contributed by atoms with van der Waals surface area (Å²) in [6, 6.07) is 2.91. The number of hydrogen-bond acceptors (Lipinski definition) is 4. The van der Waals surface area contributed by atoms with Gasteiger partial charge in [0.15, 0.2) is 0 Å². The number of hydrogen-bond donors (Lipinski definition) is 2. The highest BCUT2D eigenvalue weighted by atomic mass is 32.2. The Bertz CT molecular complexity index is 562. The Kier molecular flexibility index (Phi) is 3.67. The summed E-state index contributed by atoms with van der Waals surface area (Å²) < 4.78 is 63.8. The molecule has 1 saturated carbocycles. The van der Waals surface area contributed by atoms with Crippen LogP contribution >= 0.6 is 11.3 Å². The number of rotatable bonds is 5. The van der Waals surface area contributed by atoms with Crippen molar-refractivity contribution in [3.63, 3.8) is 0 Å². The van der Waals surface area contributed by atoms with Crippen LogP contribution in [0.2, 0.25) is 0 Å². The van der Waals surface area contributed by atoms with Gasteiger partial charge in [0, 0.05) is 11.4 Å². The van der Waals surface area contributed by atoms with Gasteiger partial charge >= 0.3 is 6.18 Å². The molecule has 0 atom stereocenters. The van der Waals surface area contributed by atoms with Gasteiger partial charge in [-0.3, -0.25) is 0 Å². The van der Waals surface area contributed by atoms with E-state index in [1.165, 1.54) is 6.07 Å². The van der Waals surface area contributed by atoms with E-state index in [-0.39, 0.29) is 17.1 Å². The monoisotopic (exact) mass is 314 g/mol. The number of thiophene rings is 1. The van der Waals surface area contributed by atoms with E-state index >= 15 is 0 Å². The maximum atomic E-state index is 12.7. The van der Waals surface area contributed by atoms with E-state index in [2.05, 4.69) is 5.32 Å². The minimum Gasteiger partial charge on any atom is -0.315 e. The summed E-state index contributed by atoms with van der Waals surface area (Å²) >= 11 is 0.963.